The molecule has 0 aliphatic rings. The molecule has 10 heteroatoms. The summed E-state index contributed by atoms with van der Waals surface area (Å²) in [6.45, 7) is 0. The van der Waals surface area contributed by atoms with Gasteiger partial charge in [0.1, 0.15) is 0 Å². The van der Waals surface area contributed by atoms with Gasteiger partial charge in [-0.15, -0.1) is 5.10 Å². The molecule has 144 valence electrons. The van der Waals surface area contributed by atoms with Gasteiger partial charge in [0.25, 0.3) is 0 Å². The van der Waals surface area contributed by atoms with Crippen LogP contribution in [0.25, 0.3) is 0 Å². The fourth-order valence-electron chi connectivity index (χ4n) is 2.33. The number of para-hydroxylation sites is 1. The molecule has 1 heterocycles. The first-order valence-corrected chi connectivity index (χ1v) is 7.95. The van der Waals surface area contributed by atoms with Crippen molar-refractivity contribution >= 4 is 29.1 Å². The highest BCUT2D eigenvalue weighted by molar-refractivity contribution is 5.89. The van der Waals surface area contributed by atoms with Crippen molar-refractivity contribution in [3.05, 3.63) is 65.9 Å². The number of halogens is 3. The molecule has 0 bridgehead atoms. The fourth-order valence-corrected chi connectivity index (χ4v) is 2.33. The molecule has 0 unspecified atom stereocenters. The minimum Gasteiger partial charge on any atom is -0.465 e. The molecule has 3 rings (SSSR count). The zero-order chi connectivity index (χ0) is 20.1. The summed E-state index contributed by atoms with van der Waals surface area (Å²) < 4.78 is 43.9. The molecule has 1 aromatic heterocycles. The van der Waals surface area contributed by atoms with Crippen LogP contribution >= 0.6 is 0 Å². The molecule has 0 atom stereocenters. The predicted molar refractivity (Wildman–Crippen MR) is 95.6 cm³/mol. The lowest BCUT2D eigenvalue weighted by atomic mass is 10.1. The van der Waals surface area contributed by atoms with E-state index in [1.54, 1.807) is 24.3 Å². The first-order valence-electron chi connectivity index (χ1n) is 7.95. The normalized spacial score (nSPS) is 11.0. The van der Waals surface area contributed by atoms with Gasteiger partial charge in [-0.2, -0.15) is 23.3 Å². The molecule has 0 amide bonds. The quantitative estimate of drug-likeness (QED) is 0.633. The van der Waals surface area contributed by atoms with Crippen LogP contribution in [0.1, 0.15) is 15.9 Å². The summed E-state index contributed by atoms with van der Waals surface area (Å²) in [7, 11) is 1.28. The second-order valence-corrected chi connectivity index (χ2v) is 5.53. The lowest BCUT2D eigenvalue weighted by molar-refractivity contribution is -0.136. The molecule has 0 aliphatic carbocycles. The van der Waals surface area contributed by atoms with Crippen LogP contribution < -0.4 is 10.6 Å². The molecule has 2 aromatic carbocycles. The van der Waals surface area contributed by atoms with Crippen LogP contribution in [-0.4, -0.2) is 28.3 Å². The molecular weight excluding hydrogens is 375 g/mol. The third-order valence-corrected chi connectivity index (χ3v) is 3.62. The SMILES string of the molecule is COC(=O)c1ccc(Nc2cnnc(Nc3ccccc3C(F)(F)F)n2)cc1. The largest absolute Gasteiger partial charge is 0.465 e. The van der Waals surface area contributed by atoms with E-state index in [4.69, 9.17) is 0 Å². The number of hydrogen-bond donors (Lipinski definition) is 2. The fraction of sp³-hybridized carbons (Fsp3) is 0.111. The Labute approximate surface area is 157 Å². The lowest BCUT2D eigenvalue weighted by Crippen LogP contribution is -2.10. The third-order valence-electron chi connectivity index (χ3n) is 3.62. The average Bonchev–Trinajstić information content (AvgIpc) is 2.68. The number of esters is 1. The van der Waals surface area contributed by atoms with Crippen LogP contribution in [0.5, 0.6) is 0 Å². The van der Waals surface area contributed by atoms with E-state index < -0.39 is 17.7 Å². The van der Waals surface area contributed by atoms with Gasteiger partial charge < -0.3 is 15.4 Å². The van der Waals surface area contributed by atoms with E-state index in [9.17, 15) is 18.0 Å². The summed E-state index contributed by atoms with van der Waals surface area (Å²) in [5, 5.41) is 12.9. The Morgan fingerprint density at radius 1 is 1.04 bits per heavy atom. The Hall–Kier alpha value is -3.69. The van der Waals surface area contributed by atoms with Crippen LogP contribution in [0.15, 0.2) is 54.7 Å². The molecule has 0 radical (unpaired) electrons. The summed E-state index contributed by atoms with van der Waals surface area (Å²) in [6, 6.07) is 11.4. The van der Waals surface area contributed by atoms with Gasteiger partial charge in [0, 0.05) is 5.69 Å². The maximum Gasteiger partial charge on any atom is 0.418 e. The number of anilines is 4. The van der Waals surface area contributed by atoms with Crippen molar-refractivity contribution in [1.82, 2.24) is 15.2 Å². The monoisotopic (exact) mass is 389 g/mol. The van der Waals surface area contributed by atoms with Crippen molar-refractivity contribution in [3.63, 3.8) is 0 Å². The first-order chi connectivity index (χ1) is 13.4. The van der Waals surface area contributed by atoms with Crippen molar-refractivity contribution in [3.8, 4) is 0 Å². The summed E-state index contributed by atoms with van der Waals surface area (Å²) in [6.07, 6.45) is -3.21. The Morgan fingerprint density at radius 3 is 2.43 bits per heavy atom. The number of carbonyl (C=O) groups is 1. The molecule has 0 spiro atoms. The number of methoxy groups -OCH3 is 1. The van der Waals surface area contributed by atoms with Crippen LogP contribution in [0, 0.1) is 0 Å². The maximum absolute atomic E-state index is 13.1. The van der Waals surface area contributed by atoms with Gasteiger partial charge in [-0.3, -0.25) is 0 Å². The first kappa shape index (κ1) is 19.1. The summed E-state index contributed by atoms with van der Waals surface area (Å²) >= 11 is 0. The Kier molecular flexibility index (Phi) is 5.39. The molecule has 0 fully saturated rings. The van der Waals surface area contributed by atoms with Gasteiger partial charge in [-0.1, -0.05) is 12.1 Å². The molecule has 28 heavy (non-hydrogen) atoms. The van der Waals surface area contributed by atoms with Crippen LogP contribution in [0.3, 0.4) is 0 Å². The molecule has 7 nitrogen and oxygen atoms in total. The third kappa shape index (κ3) is 4.53. The van der Waals surface area contributed by atoms with E-state index in [-0.39, 0.29) is 17.5 Å². The maximum atomic E-state index is 13.1. The van der Waals surface area contributed by atoms with E-state index in [0.29, 0.717) is 11.3 Å². The predicted octanol–water partition coefficient (Wildman–Crippen LogP) is 4.16. The minimum absolute atomic E-state index is 0.104. The number of rotatable bonds is 5. The van der Waals surface area contributed by atoms with E-state index in [0.717, 1.165) is 6.07 Å². The average molecular weight is 389 g/mol. The summed E-state index contributed by atoms with van der Waals surface area (Å²) in [4.78, 5) is 15.5. The molecule has 3 aromatic rings. The van der Waals surface area contributed by atoms with E-state index in [2.05, 4.69) is 30.6 Å². The molecule has 0 saturated heterocycles. The number of nitrogens with zero attached hydrogens (tertiary/aromatic N) is 3. The zero-order valence-electron chi connectivity index (χ0n) is 14.5. The summed E-state index contributed by atoms with van der Waals surface area (Å²) in [5.74, 6) is -0.314. The van der Waals surface area contributed by atoms with Gasteiger partial charge in [0.15, 0.2) is 5.82 Å². The van der Waals surface area contributed by atoms with Crippen molar-refractivity contribution < 1.29 is 22.7 Å². The number of ether oxygens (including phenoxy) is 1. The minimum atomic E-state index is -4.52. The molecular formula is C18H14F3N5O2. The Bertz CT molecular complexity index is 977. The zero-order valence-corrected chi connectivity index (χ0v) is 14.5. The van der Waals surface area contributed by atoms with Gasteiger partial charge >= 0.3 is 12.1 Å². The number of nitrogens with one attached hydrogen (secondary N) is 2. The highest BCUT2D eigenvalue weighted by atomic mass is 19.4. The second-order valence-electron chi connectivity index (χ2n) is 5.53. The number of aromatic nitrogens is 3. The second kappa shape index (κ2) is 7.91. The van der Waals surface area contributed by atoms with E-state index >= 15 is 0 Å². The molecule has 0 saturated carbocycles. The standard InChI is InChI=1S/C18H14F3N5O2/c1-28-16(27)11-6-8-12(9-7-11)23-15-10-22-26-17(25-15)24-14-5-3-2-4-13(14)18(19,20)21/h2-10H,1H3,(H2,23,24,25,26). The van der Waals surface area contributed by atoms with Gasteiger partial charge in [-0.25, -0.2) is 4.79 Å². The van der Waals surface area contributed by atoms with Crippen molar-refractivity contribution in [1.29, 1.82) is 0 Å². The van der Waals surface area contributed by atoms with Gasteiger partial charge in [-0.05, 0) is 36.4 Å². The Morgan fingerprint density at radius 2 is 1.75 bits per heavy atom. The lowest BCUT2D eigenvalue weighted by Gasteiger charge is -2.13. The van der Waals surface area contributed by atoms with Crippen LogP contribution in [-0.2, 0) is 10.9 Å². The molecule has 2 N–H and O–H groups in total. The number of benzene rings is 2. The van der Waals surface area contributed by atoms with E-state index in [1.165, 1.54) is 31.5 Å². The highest BCUT2D eigenvalue weighted by Gasteiger charge is 2.33. The van der Waals surface area contributed by atoms with Crippen LogP contribution in [0.2, 0.25) is 0 Å². The van der Waals surface area contributed by atoms with Gasteiger partial charge in [0.05, 0.1) is 30.1 Å². The van der Waals surface area contributed by atoms with Gasteiger partial charge in [0.2, 0.25) is 5.95 Å². The van der Waals surface area contributed by atoms with Crippen molar-refractivity contribution in [2.24, 2.45) is 0 Å². The number of alkyl halides is 3. The van der Waals surface area contributed by atoms with Crippen molar-refractivity contribution in [2.45, 2.75) is 6.18 Å². The highest BCUT2D eigenvalue weighted by Crippen LogP contribution is 2.35. The van der Waals surface area contributed by atoms with Crippen LogP contribution in [0.4, 0.5) is 36.3 Å². The number of hydrogen-bond acceptors (Lipinski definition) is 7. The van der Waals surface area contributed by atoms with E-state index in [1.807, 2.05) is 0 Å². The number of carbonyl (C=O) groups excluding carboxylic acids is 1. The Balaban J connectivity index is 1.77. The molecule has 0 aliphatic heterocycles. The summed E-state index contributed by atoms with van der Waals surface area (Å²) in [5.41, 5.74) is -0.0542. The topological polar surface area (TPSA) is 89.0 Å². The van der Waals surface area contributed by atoms with Crippen molar-refractivity contribution in [2.75, 3.05) is 17.7 Å². The smallest absolute Gasteiger partial charge is 0.418 e.